The van der Waals surface area contributed by atoms with E-state index in [4.69, 9.17) is 5.84 Å². The van der Waals surface area contributed by atoms with Crippen molar-refractivity contribution in [2.75, 3.05) is 13.1 Å². The number of unbranched alkanes of at least 4 members (excludes halogenated alkanes) is 2. The molecule has 84 valence electrons. The van der Waals surface area contributed by atoms with Gasteiger partial charge in [-0.15, -0.1) is 0 Å². The first-order valence-electron chi connectivity index (χ1n) is 5.45. The van der Waals surface area contributed by atoms with Gasteiger partial charge in [0.15, 0.2) is 0 Å². The average molecular weight is 200 g/mol. The van der Waals surface area contributed by atoms with Crippen LogP contribution in [-0.2, 0) is 0 Å². The molecular weight excluding hydrogens is 176 g/mol. The van der Waals surface area contributed by atoms with Gasteiger partial charge in [0.2, 0.25) is 5.96 Å². The van der Waals surface area contributed by atoms with Crippen LogP contribution in [0.5, 0.6) is 0 Å². The molecule has 0 fully saturated rings. The first-order valence-corrected chi connectivity index (χ1v) is 5.45. The summed E-state index contributed by atoms with van der Waals surface area (Å²) in [5.74, 6) is 6.60. The largest absolute Gasteiger partial charge is 0.355 e. The van der Waals surface area contributed by atoms with Crippen molar-refractivity contribution in [3.8, 4) is 0 Å². The summed E-state index contributed by atoms with van der Waals surface area (Å²) >= 11 is 0. The van der Waals surface area contributed by atoms with Gasteiger partial charge < -0.3 is 5.32 Å². The average Bonchev–Trinajstić information content (AvgIpc) is 2.16. The van der Waals surface area contributed by atoms with Crippen LogP contribution < -0.4 is 16.6 Å². The van der Waals surface area contributed by atoms with Crippen molar-refractivity contribution in [1.82, 2.24) is 10.7 Å². The van der Waals surface area contributed by atoms with Gasteiger partial charge in [-0.25, -0.2) is 5.84 Å². The van der Waals surface area contributed by atoms with Crippen molar-refractivity contribution in [3.63, 3.8) is 0 Å². The molecule has 0 spiro atoms. The maximum absolute atomic E-state index is 5.33. The van der Waals surface area contributed by atoms with E-state index in [0.29, 0.717) is 11.9 Å². The lowest BCUT2D eigenvalue weighted by Gasteiger charge is -2.09. The Labute approximate surface area is 87.3 Å². The van der Waals surface area contributed by atoms with Crippen molar-refractivity contribution in [2.45, 2.75) is 40.0 Å². The molecule has 14 heavy (non-hydrogen) atoms. The Morgan fingerprint density at radius 1 is 1.36 bits per heavy atom. The zero-order valence-corrected chi connectivity index (χ0v) is 9.64. The van der Waals surface area contributed by atoms with Crippen LogP contribution in [0, 0.1) is 5.92 Å². The van der Waals surface area contributed by atoms with Gasteiger partial charge in [0.25, 0.3) is 0 Å². The molecule has 0 saturated heterocycles. The number of nitrogens with two attached hydrogens (primary N) is 1. The predicted molar refractivity (Wildman–Crippen MR) is 62.0 cm³/mol. The van der Waals surface area contributed by atoms with Crippen LogP contribution in [0.25, 0.3) is 0 Å². The lowest BCUT2D eigenvalue weighted by Crippen LogP contribution is -2.42. The van der Waals surface area contributed by atoms with E-state index in [9.17, 15) is 0 Å². The SMILES string of the molecule is CCCCCNC(=NCC(C)C)NN. The molecule has 0 aromatic rings. The van der Waals surface area contributed by atoms with Gasteiger partial charge in [-0.1, -0.05) is 33.6 Å². The van der Waals surface area contributed by atoms with Crippen molar-refractivity contribution >= 4 is 5.96 Å². The highest BCUT2D eigenvalue weighted by Gasteiger charge is 1.96. The lowest BCUT2D eigenvalue weighted by molar-refractivity contribution is 0.649. The molecule has 0 saturated carbocycles. The van der Waals surface area contributed by atoms with Gasteiger partial charge in [0.05, 0.1) is 0 Å². The highest BCUT2D eigenvalue weighted by atomic mass is 15.3. The third kappa shape index (κ3) is 7.86. The van der Waals surface area contributed by atoms with E-state index in [1.165, 1.54) is 19.3 Å². The minimum Gasteiger partial charge on any atom is -0.355 e. The Balaban J connectivity index is 3.62. The normalized spacial score (nSPS) is 11.9. The van der Waals surface area contributed by atoms with E-state index in [1.54, 1.807) is 0 Å². The van der Waals surface area contributed by atoms with Crippen molar-refractivity contribution in [1.29, 1.82) is 0 Å². The fourth-order valence-electron chi connectivity index (χ4n) is 1.01. The number of nitrogens with one attached hydrogen (secondary N) is 2. The Hall–Kier alpha value is -0.770. The molecule has 0 aliphatic carbocycles. The van der Waals surface area contributed by atoms with Gasteiger partial charge in [-0.3, -0.25) is 10.4 Å². The van der Waals surface area contributed by atoms with Crippen molar-refractivity contribution < 1.29 is 0 Å². The Kier molecular flexibility index (Phi) is 8.33. The molecule has 0 amide bonds. The molecule has 4 heteroatoms. The molecule has 0 bridgehead atoms. The molecule has 0 aromatic carbocycles. The van der Waals surface area contributed by atoms with E-state index < -0.39 is 0 Å². The van der Waals surface area contributed by atoms with Gasteiger partial charge in [0, 0.05) is 13.1 Å². The summed E-state index contributed by atoms with van der Waals surface area (Å²) in [6, 6.07) is 0. The summed E-state index contributed by atoms with van der Waals surface area (Å²) in [5.41, 5.74) is 2.57. The number of hydrazine groups is 1. The Morgan fingerprint density at radius 3 is 2.57 bits per heavy atom. The van der Waals surface area contributed by atoms with Crippen LogP contribution in [-0.4, -0.2) is 19.0 Å². The second kappa shape index (κ2) is 8.81. The predicted octanol–water partition coefficient (Wildman–Crippen LogP) is 1.24. The highest BCUT2D eigenvalue weighted by molar-refractivity contribution is 5.79. The molecule has 0 aromatic heterocycles. The zero-order valence-electron chi connectivity index (χ0n) is 9.64. The maximum atomic E-state index is 5.33. The number of rotatable bonds is 6. The van der Waals surface area contributed by atoms with E-state index in [2.05, 4.69) is 36.5 Å². The highest BCUT2D eigenvalue weighted by Crippen LogP contribution is 1.92. The summed E-state index contributed by atoms with van der Waals surface area (Å²) in [6.07, 6.45) is 3.64. The van der Waals surface area contributed by atoms with Crippen molar-refractivity contribution in [3.05, 3.63) is 0 Å². The maximum Gasteiger partial charge on any atom is 0.205 e. The zero-order chi connectivity index (χ0) is 10.8. The van der Waals surface area contributed by atoms with Crippen LogP contribution in [0.2, 0.25) is 0 Å². The number of guanidine groups is 1. The molecule has 0 radical (unpaired) electrons. The van der Waals surface area contributed by atoms with Crippen LogP contribution in [0.4, 0.5) is 0 Å². The third-order valence-electron chi connectivity index (χ3n) is 1.82. The summed E-state index contributed by atoms with van der Waals surface area (Å²) < 4.78 is 0. The Bertz CT molecular complexity index is 154. The summed E-state index contributed by atoms with van der Waals surface area (Å²) in [7, 11) is 0. The quantitative estimate of drug-likeness (QED) is 0.199. The van der Waals surface area contributed by atoms with Gasteiger partial charge in [-0.2, -0.15) is 0 Å². The standard InChI is InChI=1S/C10H24N4/c1-4-5-6-7-12-10(14-11)13-8-9(2)3/h9H,4-8,11H2,1-3H3,(H2,12,13,14). The first kappa shape index (κ1) is 13.2. The molecule has 0 atom stereocenters. The number of hydrogen-bond donors (Lipinski definition) is 3. The summed E-state index contributed by atoms with van der Waals surface area (Å²) in [5, 5.41) is 3.17. The molecule has 4 N–H and O–H groups in total. The fourth-order valence-corrected chi connectivity index (χ4v) is 1.01. The van der Waals surface area contributed by atoms with E-state index in [-0.39, 0.29) is 0 Å². The van der Waals surface area contributed by atoms with Crippen LogP contribution in [0.15, 0.2) is 4.99 Å². The number of hydrogen-bond acceptors (Lipinski definition) is 2. The van der Waals surface area contributed by atoms with Crippen LogP contribution >= 0.6 is 0 Å². The Morgan fingerprint density at radius 2 is 2.07 bits per heavy atom. The van der Waals surface area contributed by atoms with E-state index in [0.717, 1.165) is 13.1 Å². The van der Waals surface area contributed by atoms with Gasteiger partial charge in [0.1, 0.15) is 0 Å². The molecular formula is C10H24N4. The molecule has 0 aliphatic rings. The minimum absolute atomic E-state index is 0.566. The van der Waals surface area contributed by atoms with Crippen LogP contribution in [0.3, 0.4) is 0 Å². The van der Waals surface area contributed by atoms with Crippen LogP contribution in [0.1, 0.15) is 40.0 Å². The summed E-state index contributed by atoms with van der Waals surface area (Å²) in [6.45, 7) is 8.20. The van der Waals surface area contributed by atoms with E-state index in [1.807, 2.05) is 0 Å². The lowest BCUT2D eigenvalue weighted by atomic mass is 10.2. The number of aliphatic imine (C=N–C) groups is 1. The topological polar surface area (TPSA) is 62.4 Å². The molecule has 0 aliphatic heterocycles. The third-order valence-corrected chi connectivity index (χ3v) is 1.82. The first-order chi connectivity index (χ1) is 6.70. The monoisotopic (exact) mass is 200 g/mol. The molecule has 4 nitrogen and oxygen atoms in total. The second-order valence-electron chi connectivity index (χ2n) is 3.86. The van der Waals surface area contributed by atoms with Gasteiger partial charge >= 0.3 is 0 Å². The second-order valence-corrected chi connectivity index (χ2v) is 3.86. The molecule has 0 heterocycles. The fraction of sp³-hybridized carbons (Fsp3) is 0.900. The molecule has 0 unspecified atom stereocenters. The van der Waals surface area contributed by atoms with Crippen molar-refractivity contribution in [2.24, 2.45) is 16.8 Å². The number of nitrogens with zero attached hydrogens (tertiary/aromatic N) is 1. The summed E-state index contributed by atoms with van der Waals surface area (Å²) in [4.78, 5) is 4.31. The smallest absolute Gasteiger partial charge is 0.205 e. The molecule has 0 rings (SSSR count). The van der Waals surface area contributed by atoms with E-state index >= 15 is 0 Å². The van der Waals surface area contributed by atoms with Gasteiger partial charge in [-0.05, 0) is 12.3 Å². The minimum atomic E-state index is 0.566.